The van der Waals surface area contributed by atoms with Crippen molar-refractivity contribution in [2.45, 2.75) is 26.3 Å². The Kier molecular flexibility index (Phi) is 3.35. The lowest BCUT2D eigenvalue weighted by atomic mass is 9.93. The first-order valence-electron chi connectivity index (χ1n) is 6.16. The van der Waals surface area contributed by atoms with Crippen molar-refractivity contribution in [3.8, 4) is 6.07 Å². The minimum absolute atomic E-state index is 0.146. The largest absolute Gasteiger partial charge is 0.331 e. The molecule has 0 radical (unpaired) electrons. The van der Waals surface area contributed by atoms with Crippen LogP contribution in [-0.2, 0) is 7.05 Å². The molecule has 0 fully saturated rings. The van der Waals surface area contributed by atoms with Gasteiger partial charge in [-0.1, -0.05) is 13.0 Å². The molecule has 4 heteroatoms. The van der Waals surface area contributed by atoms with Gasteiger partial charge in [0.15, 0.2) is 0 Å². The van der Waals surface area contributed by atoms with Crippen LogP contribution in [0.4, 0.5) is 0 Å². The number of benzene rings is 1. The highest BCUT2D eigenvalue weighted by atomic mass is 15.0. The Morgan fingerprint density at radius 3 is 2.83 bits per heavy atom. The van der Waals surface area contributed by atoms with Crippen LogP contribution >= 0.6 is 0 Å². The highest BCUT2D eigenvalue weighted by Crippen LogP contribution is 2.25. The van der Waals surface area contributed by atoms with Gasteiger partial charge in [0.1, 0.15) is 5.82 Å². The minimum atomic E-state index is -0.244. The summed E-state index contributed by atoms with van der Waals surface area (Å²) in [6.45, 7) is 3.96. The number of nitrogens with zero attached hydrogens (tertiary/aromatic N) is 3. The summed E-state index contributed by atoms with van der Waals surface area (Å²) in [7, 11) is 1.99. The van der Waals surface area contributed by atoms with E-state index < -0.39 is 0 Å². The molecule has 0 saturated heterocycles. The van der Waals surface area contributed by atoms with Gasteiger partial charge in [-0.3, -0.25) is 0 Å². The Balaban J connectivity index is 2.45. The highest BCUT2D eigenvalue weighted by Gasteiger charge is 2.18. The van der Waals surface area contributed by atoms with Crippen molar-refractivity contribution in [1.82, 2.24) is 9.55 Å². The second-order valence-corrected chi connectivity index (χ2v) is 4.64. The van der Waals surface area contributed by atoms with Gasteiger partial charge < -0.3 is 10.3 Å². The number of nitrogens with two attached hydrogens (primary N) is 1. The summed E-state index contributed by atoms with van der Waals surface area (Å²) in [5, 5.41) is 9.07. The molecule has 18 heavy (non-hydrogen) atoms. The van der Waals surface area contributed by atoms with Crippen molar-refractivity contribution in [2.24, 2.45) is 18.7 Å². The minimum Gasteiger partial charge on any atom is -0.331 e. The van der Waals surface area contributed by atoms with Gasteiger partial charge >= 0.3 is 0 Å². The van der Waals surface area contributed by atoms with Crippen LogP contribution in [0.1, 0.15) is 30.8 Å². The van der Waals surface area contributed by atoms with Crippen LogP contribution in [-0.4, -0.2) is 9.55 Å². The van der Waals surface area contributed by atoms with Crippen LogP contribution in [0.5, 0.6) is 0 Å². The first-order chi connectivity index (χ1) is 8.58. The number of imidazole rings is 1. The fourth-order valence-electron chi connectivity index (χ4n) is 2.20. The predicted molar refractivity (Wildman–Crippen MR) is 71.8 cm³/mol. The Bertz CT molecular complexity index is 606. The Morgan fingerprint density at radius 1 is 1.50 bits per heavy atom. The molecular weight excluding hydrogens is 224 g/mol. The van der Waals surface area contributed by atoms with Crippen molar-refractivity contribution in [2.75, 3.05) is 0 Å². The monoisotopic (exact) mass is 242 g/mol. The van der Waals surface area contributed by atoms with Crippen molar-refractivity contribution in [1.29, 1.82) is 5.26 Å². The molecule has 0 bridgehead atoms. The van der Waals surface area contributed by atoms with E-state index in [0.29, 0.717) is 0 Å². The number of hydrogen-bond donors (Lipinski definition) is 1. The van der Waals surface area contributed by atoms with Gasteiger partial charge in [-0.25, -0.2) is 4.98 Å². The predicted octanol–water partition coefficient (Wildman–Crippen LogP) is 2.43. The first kappa shape index (κ1) is 12.6. The lowest BCUT2D eigenvalue weighted by molar-refractivity contribution is 0.518. The normalized spacial score (nSPS) is 14.4. The molecule has 0 aliphatic rings. The lowest BCUT2D eigenvalue weighted by Crippen LogP contribution is -2.19. The molecule has 2 unspecified atom stereocenters. The molecule has 94 valence electrons. The highest BCUT2D eigenvalue weighted by molar-refractivity contribution is 5.77. The summed E-state index contributed by atoms with van der Waals surface area (Å²) >= 11 is 0. The number of aromatic nitrogens is 2. The van der Waals surface area contributed by atoms with Crippen LogP contribution < -0.4 is 5.73 Å². The second-order valence-electron chi connectivity index (χ2n) is 4.64. The average molecular weight is 242 g/mol. The van der Waals surface area contributed by atoms with Gasteiger partial charge in [-0.05, 0) is 31.0 Å². The zero-order valence-corrected chi connectivity index (χ0v) is 11.0. The van der Waals surface area contributed by atoms with E-state index in [1.165, 1.54) is 0 Å². The van der Waals surface area contributed by atoms with Crippen LogP contribution in [0.15, 0.2) is 18.2 Å². The molecule has 1 heterocycles. The summed E-state index contributed by atoms with van der Waals surface area (Å²) < 4.78 is 2.05. The van der Waals surface area contributed by atoms with Gasteiger partial charge in [-0.15, -0.1) is 0 Å². The van der Waals surface area contributed by atoms with E-state index in [1.807, 2.05) is 43.7 Å². The van der Waals surface area contributed by atoms with Crippen LogP contribution in [0.25, 0.3) is 11.0 Å². The topological polar surface area (TPSA) is 67.6 Å². The van der Waals surface area contributed by atoms with Crippen molar-refractivity contribution < 1.29 is 0 Å². The average Bonchev–Trinajstić information content (AvgIpc) is 2.66. The molecular formula is C14H18N4. The van der Waals surface area contributed by atoms with Crippen molar-refractivity contribution in [3.63, 3.8) is 0 Å². The van der Waals surface area contributed by atoms with Gasteiger partial charge in [0, 0.05) is 13.1 Å². The van der Waals surface area contributed by atoms with E-state index >= 15 is 0 Å². The molecule has 2 aromatic rings. The molecule has 2 N–H and O–H groups in total. The molecule has 0 amide bonds. The van der Waals surface area contributed by atoms with E-state index in [9.17, 15) is 0 Å². The second kappa shape index (κ2) is 4.79. The van der Waals surface area contributed by atoms with Crippen LogP contribution in [0, 0.1) is 24.2 Å². The van der Waals surface area contributed by atoms with E-state index in [1.54, 1.807) is 0 Å². The maximum absolute atomic E-state index is 9.07. The Morgan fingerprint density at radius 2 is 2.22 bits per heavy atom. The zero-order chi connectivity index (χ0) is 13.3. The number of fused-ring (bicyclic) bond motifs is 1. The summed E-state index contributed by atoms with van der Waals surface area (Å²) in [6.07, 6.45) is 0.761. The van der Waals surface area contributed by atoms with Crippen LogP contribution in [0.2, 0.25) is 0 Å². The molecule has 1 aromatic heterocycles. The van der Waals surface area contributed by atoms with E-state index in [2.05, 4.69) is 11.1 Å². The molecule has 2 atom stereocenters. The molecule has 0 aliphatic heterocycles. The maximum atomic E-state index is 9.07. The number of aryl methyl sites for hydroxylation is 2. The number of rotatable bonds is 3. The molecule has 0 saturated carbocycles. The summed E-state index contributed by atoms with van der Waals surface area (Å²) in [5.41, 5.74) is 9.15. The summed E-state index contributed by atoms with van der Waals surface area (Å²) in [4.78, 5) is 4.49. The van der Waals surface area contributed by atoms with Crippen molar-refractivity contribution >= 4 is 11.0 Å². The molecule has 4 nitrogen and oxygen atoms in total. The number of nitriles is 1. The Hall–Kier alpha value is -1.86. The third-order valence-electron chi connectivity index (χ3n) is 3.55. The standard InChI is InChI=1S/C14H18N4/c1-4-10(8-15)14(16)11-5-6-13-12(7-11)17-9(2)18(13)3/h5-7,10,14H,4,16H2,1-3H3. The smallest absolute Gasteiger partial charge is 0.106 e. The molecule has 0 aliphatic carbocycles. The third kappa shape index (κ3) is 1.98. The fourth-order valence-corrected chi connectivity index (χ4v) is 2.20. The van der Waals surface area contributed by atoms with Gasteiger partial charge in [0.05, 0.1) is 23.0 Å². The van der Waals surface area contributed by atoms with Crippen LogP contribution in [0.3, 0.4) is 0 Å². The zero-order valence-electron chi connectivity index (χ0n) is 11.0. The van der Waals surface area contributed by atoms with E-state index in [4.69, 9.17) is 11.0 Å². The summed E-state index contributed by atoms with van der Waals surface area (Å²) in [6, 6.07) is 8.03. The maximum Gasteiger partial charge on any atom is 0.106 e. The van der Waals surface area contributed by atoms with Crippen molar-refractivity contribution in [3.05, 3.63) is 29.6 Å². The van der Waals surface area contributed by atoms with Gasteiger partial charge in [-0.2, -0.15) is 5.26 Å². The molecule has 0 spiro atoms. The quantitative estimate of drug-likeness (QED) is 0.898. The first-order valence-corrected chi connectivity index (χ1v) is 6.16. The van der Waals surface area contributed by atoms with E-state index in [0.717, 1.165) is 28.8 Å². The van der Waals surface area contributed by atoms with Gasteiger partial charge in [0.2, 0.25) is 0 Å². The molecule has 1 aromatic carbocycles. The fraction of sp³-hybridized carbons (Fsp3) is 0.429. The molecule has 2 rings (SSSR count). The lowest BCUT2D eigenvalue weighted by Gasteiger charge is -2.16. The summed E-state index contributed by atoms with van der Waals surface area (Å²) in [5.74, 6) is 0.829. The van der Waals surface area contributed by atoms with Gasteiger partial charge in [0.25, 0.3) is 0 Å². The van der Waals surface area contributed by atoms with E-state index in [-0.39, 0.29) is 12.0 Å². The Labute approximate surface area is 107 Å². The number of hydrogen-bond acceptors (Lipinski definition) is 3. The SMILES string of the molecule is CCC(C#N)C(N)c1ccc2c(c1)nc(C)n2C. The third-order valence-corrected chi connectivity index (χ3v) is 3.55.